The molecule has 5 rings (SSSR count). The zero-order valence-corrected chi connectivity index (χ0v) is 21.7. The van der Waals surface area contributed by atoms with Crippen LogP contribution in [0.25, 0.3) is 33.7 Å². The highest BCUT2D eigenvalue weighted by Crippen LogP contribution is 2.27. The third-order valence-corrected chi connectivity index (χ3v) is 6.63. The Morgan fingerprint density at radius 3 is 2.50 bits per heavy atom. The molecule has 38 heavy (non-hydrogen) atoms. The number of thiazole rings is 1. The zero-order valence-electron chi connectivity index (χ0n) is 20.9. The Bertz CT molecular complexity index is 1560. The van der Waals surface area contributed by atoms with Gasteiger partial charge in [0.1, 0.15) is 11.6 Å². The van der Waals surface area contributed by atoms with E-state index in [-0.39, 0.29) is 0 Å². The predicted octanol–water partition coefficient (Wildman–Crippen LogP) is 6.33. The quantitative estimate of drug-likeness (QED) is 0.218. The van der Waals surface area contributed by atoms with Gasteiger partial charge in [0.15, 0.2) is 11.2 Å². The molecule has 0 aliphatic rings. The Labute approximate surface area is 223 Å². The molecule has 192 valence electrons. The number of aromatic nitrogens is 3. The van der Waals surface area contributed by atoms with Crippen molar-refractivity contribution in [3.05, 3.63) is 83.7 Å². The van der Waals surface area contributed by atoms with Gasteiger partial charge in [0.2, 0.25) is 0 Å². The summed E-state index contributed by atoms with van der Waals surface area (Å²) < 4.78 is 11.0. The summed E-state index contributed by atoms with van der Waals surface area (Å²) in [6, 6.07) is 22.4. The highest BCUT2D eigenvalue weighted by atomic mass is 32.1. The van der Waals surface area contributed by atoms with Gasteiger partial charge in [0.25, 0.3) is 5.91 Å². The number of hydrogen-bond acceptors (Lipinski definition) is 7. The van der Waals surface area contributed by atoms with E-state index in [1.54, 1.807) is 25.1 Å². The fourth-order valence-electron chi connectivity index (χ4n) is 3.93. The van der Waals surface area contributed by atoms with Gasteiger partial charge in [-0.25, -0.2) is 14.8 Å². The van der Waals surface area contributed by atoms with Crippen LogP contribution in [0, 0.1) is 0 Å². The van der Waals surface area contributed by atoms with Gasteiger partial charge in [-0.05, 0) is 55.8 Å². The van der Waals surface area contributed by atoms with Crippen molar-refractivity contribution < 1.29 is 19.1 Å². The number of H-pyrrole nitrogens is 1. The third kappa shape index (κ3) is 5.57. The molecule has 0 saturated carbocycles. The van der Waals surface area contributed by atoms with Crippen LogP contribution >= 0.6 is 11.3 Å². The lowest BCUT2D eigenvalue weighted by Gasteiger charge is -2.15. The summed E-state index contributed by atoms with van der Waals surface area (Å²) >= 11 is 1.31. The van der Waals surface area contributed by atoms with Crippen molar-refractivity contribution in [3.8, 4) is 28.4 Å². The number of amides is 1. The molecule has 0 aliphatic heterocycles. The summed E-state index contributed by atoms with van der Waals surface area (Å²) in [4.78, 5) is 38.1. The number of imidazole rings is 1. The van der Waals surface area contributed by atoms with E-state index in [1.807, 2.05) is 66.9 Å². The lowest BCUT2D eigenvalue weighted by Crippen LogP contribution is -2.32. The molecule has 9 heteroatoms. The maximum atomic E-state index is 12.9. The second kappa shape index (κ2) is 11.3. The maximum Gasteiger partial charge on any atom is 0.338 e. The number of anilines is 1. The smallest absolute Gasteiger partial charge is 0.338 e. The topological polar surface area (TPSA) is 106 Å². The molecule has 5 aromatic rings. The lowest BCUT2D eigenvalue weighted by molar-refractivity contribution is -0.124. The normalized spacial score (nSPS) is 11.7. The minimum Gasteiger partial charge on any atom is -0.494 e. The van der Waals surface area contributed by atoms with Gasteiger partial charge in [0, 0.05) is 16.5 Å². The maximum absolute atomic E-state index is 12.9. The first-order valence-electron chi connectivity index (χ1n) is 12.3. The number of nitrogens with one attached hydrogen (secondary N) is 2. The number of carbonyl (C=O) groups excluding carboxylic acids is 2. The van der Waals surface area contributed by atoms with Crippen molar-refractivity contribution in [3.63, 3.8) is 0 Å². The average Bonchev–Trinajstić information content (AvgIpc) is 3.59. The van der Waals surface area contributed by atoms with Gasteiger partial charge in [0.05, 0.1) is 28.9 Å². The first-order valence-corrected chi connectivity index (χ1v) is 13.2. The molecular weight excluding hydrogens is 500 g/mol. The van der Waals surface area contributed by atoms with E-state index in [4.69, 9.17) is 9.47 Å². The summed E-state index contributed by atoms with van der Waals surface area (Å²) in [6.45, 7) is 4.32. The number of fused-ring (bicyclic) bond motifs is 1. The van der Waals surface area contributed by atoms with Gasteiger partial charge in [-0.2, -0.15) is 0 Å². The molecule has 2 aromatic heterocycles. The molecular formula is C29H26N4O4S. The van der Waals surface area contributed by atoms with Crippen LogP contribution in [0.1, 0.15) is 30.6 Å². The Balaban J connectivity index is 1.24. The molecule has 0 saturated heterocycles. The van der Waals surface area contributed by atoms with Gasteiger partial charge in [-0.1, -0.05) is 37.3 Å². The van der Waals surface area contributed by atoms with Crippen LogP contribution in [0.5, 0.6) is 5.75 Å². The molecule has 0 radical (unpaired) electrons. The molecule has 2 N–H and O–H groups in total. The minimum absolute atomic E-state index is 0.319. The van der Waals surface area contributed by atoms with Crippen molar-refractivity contribution in [1.29, 1.82) is 0 Å². The SMILES string of the molecule is CCOc1ccc(-c2csc(NC(=O)C(CC)OC(=O)c3ccc4nc(-c5ccccc5)[nH]c4c3)n2)cc1. The lowest BCUT2D eigenvalue weighted by atomic mass is 10.2. The highest BCUT2D eigenvalue weighted by molar-refractivity contribution is 7.14. The summed E-state index contributed by atoms with van der Waals surface area (Å²) in [5, 5.41) is 5.07. The number of hydrogen-bond donors (Lipinski definition) is 2. The third-order valence-electron chi connectivity index (χ3n) is 5.87. The monoisotopic (exact) mass is 526 g/mol. The molecule has 8 nitrogen and oxygen atoms in total. The summed E-state index contributed by atoms with van der Waals surface area (Å²) in [5.74, 6) is 0.488. The second-order valence-corrected chi connectivity index (χ2v) is 9.33. The van der Waals surface area contributed by atoms with Crippen LogP contribution in [0.3, 0.4) is 0 Å². The van der Waals surface area contributed by atoms with E-state index >= 15 is 0 Å². The van der Waals surface area contributed by atoms with E-state index in [1.165, 1.54) is 11.3 Å². The van der Waals surface area contributed by atoms with E-state index in [0.29, 0.717) is 35.1 Å². The molecule has 0 aliphatic carbocycles. The Morgan fingerprint density at radius 1 is 0.974 bits per heavy atom. The Morgan fingerprint density at radius 2 is 1.76 bits per heavy atom. The van der Waals surface area contributed by atoms with Gasteiger partial charge in [-0.15, -0.1) is 11.3 Å². The number of nitrogens with zero attached hydrogens (tertiary/aromatic N) is 2. The minimum atomic E-state index is -0.960. The first kappa shape index (κ1) is 25.2. The molecule has 1 amide bonds. The molecule has 0 fully saturated rings. The molecule has 1 unspecified atom stereocenters. The van der Waals surface area contributed by atoms with Crippen LogP contribution in [-0.2, 0) is 9.53 Å². The van der Waals surface area contributed by atoms with Gasteiger partial charge < -0.3 is 14.5 Å². The fraction of sp³-hybridized carbons (Fsp3) is 0.172. The van der Waals surface area contributed by atoms with E-state index in [9.17, 15) is 9.59 Å². The van der Waals surface area contributed by atoms with Crippen molar-refractivity contribution in [1.82, 2.24) is 15.0 Å². The van der Waals surface area contributed by atoms with Crippen LogP contribution in [0.2, 0.25) is 0 Å². The van der Waals surface area contributed by atoms with Gasteiger partial charge in [-0.3, -0.25) is 10.1 Å². The molecule has 1 atom stereocenters. The standard InChI is InChI=1S/C29H26N4O4S/c1-3-25(27(34)33-29-32-24(17-38-29)18-10-13-21(14-11-18)36-4-2)37-28(35)20-12-15-22-23(16-20)31-26(30-22)19-8-6-5-7-9-19/h5-17,25H,3-4H2,1-2H3,(H,30,31)(H,32,33,34). The highest BCUT2D eigenvalue weighted by Gasteiger charge is 2.23. The van der Waals surface area contributed by atoms with Crippen LogP contribution in [0.15, 0.2) is 78.2 Å². The van der Waals surface area contributed by atoms with E-state index in [2.05, 4.69) is 20.3 Å². The van der Waals surface area contributed by atoms with Crippen LogP contribution in [-0.4, -0.2) is 39.5 Å². The molecule has 0 spiro atoms. The predicted molar refractivity (Wildman–Crippen MR) is 148 cm³/mol. The largest absolute Gasteiger partial charge is 0.494 e. The number of esters is 1. The number of rotatable bonds is 9. The summed E-state index contributed by atoms with van der Waals surface area (Å²) in [7, 11) is 0. The second-order valence-electron chi connectivity index (χ2n) is 8.47. The average molecular weight is 527 g/mol. The first-order chi connectivity index (χ1) is 18.5. The Hall–Kier alpha value is -4.50. The van der Waals surface area contributed by atoms with Crippen molar-refractivity contribution in [2.75, 3.05) is 11.9 Å². The number of carbonyl (C=O) groups is 2. The summed E-state index contributed by atoms with van der Waals surface area (Å²) in [6.07, 6.45) is -0.642. The number of ether oxygens (including phenoxy) is 2. The number of benzene rings is 3. The molecule has 2 heterocycles. The molecule has 0 bridgehead atoms. The van der Waals surface area contributed by atoms with E-state index in [0.717, 1.165) is 28.1 Å². The number of aromatic amines is 1. The van der Waals surface area contributed by atoms with Crippen LogP contribution in [0.4, 0.5) is 5.13 Å². The van der Waals surface area contributed by atoms with Gasteiger partial charge >= 0.3 is 5.97 Å². The van der Waals surface area contributed by atoms with E-state index < -0.39 is 18.0 Å². The summed E-state index contributed by atoms with van der Waals surface area (Å²) in [5.41, 5.74) is 4.37. The van der Waals surface area contributed by atoms with Crippen molar-refractivity contribution in [2.45, 2.75) is 26.4 Å². The Kier molecular flexibility index (Phi) is 7.46. The van der Waals surface area contributed by atoms with Crippen molar-refractivity contribution >= 4 is 39.4 Å². The molecule has 3 aromatic carbocycles. The van der Waals surface area contributed by atoms with Crippen molar-refractivity contribution in [2.24, 2.45) is 0 Å². The van der Waals surface area contributed by atoms with Crippen LogP contribution < -0.4 is 10.1 Å². The zero-order chi connectivity index (χ0) is 26.5. The fourth-order valence-corrected chi connectivity index (χ4v) is 4.65.